The minimum atomic E-state index is -0.872. The van der Waals surface area contributed by atoms with E-state index in [2.05, 4.69) is 27.9 Å². The molecule has 0 radical (unpaired) electrons. The van der Waals surface area contributed by atoms with Crippen LogP contribution < -0.4 is 0 Å². The molecule has 0 fully saturated rings. The molecule has 2 N–H and O–H groups in total. The van der Waals surface area contributed by atoms with Crippen molar-refractivity contribution >= 4 is 28.5 Å². The van der Waals surface area contributed by atoms with Gasteiger partial charge < -0.3 is 10.1 Å². The van der Waals surface area contributed by atoms with Gasteiger partial charge >= 0.3 is 5.97 Å². The number of H-pyrrole nitrogens is 1. The molecular weight excluding hydrogens is 393 g/mol. The summed E-state index contributed by atoms with van der Waals surface area (Å²) in [6.07, 6.45) is 1.90. The number of nitrogens with one attached hydrogen (secondary N) is 1. The molecule has 2 aromatic heterocycles. The summed E-state index contributed by atoms with van der Waals surface area (Å²) in [5.74, 6) is -1.90. The predicted octanol–water partition coefficient (Wildman–Crippen LogP) is 4.72. The number of rotatable bonds is 4. The van der Waals surface area contributed by atoms with Gasteiger partial charge in [0, 0.05) is 34.7 Å². The fourth-order valence-electron chi connectivity index (χ4n) is 4.40. The Morgan fingerprint density at radius 1 is 1.45 bits per heavy atom. The smallest absolute Gasteiger partial charge is 0.307 e. The summed E-state index contributed by atoms with van der Waals surface area (Å²) < 4.78 is 15.1. The molecule has 4 rings (SSSR count). The molecule has 3 aromatic rings. The molecule has 1 aliphatic rings. The third-order valence-corrected chi connectivity index (χ3v) is 6.34. The molecule has 0 amide bonds. The molecule has 1 aromatic carbocycles. The van der Waals surface area contributed by atoms with E-state index >= 15 is 4.39 Å². The lowest BCUT2D eigenvalue weighted by Crippen LogP contribution is -2.46. The van der Waals surface area contributed by atoms with Gasteiger partial charge in [0.1, 0.15) is 11.0 Å². The van der Waals surface area contributed by atoms with Gasteiger partial charge in [-0.05, 0) is 37.5 Å². The lowest BCUT2D eigenvalue weighted by atomic mass is 9.86. The second-order valence-electron chi connectivity index (χ2n) is 7.89. The number of aromatic amines is 1. The van der Waals surface area contributed by atoms with Crippen LogP contribution in [0.4, 0.5) is 4.39 Å². The molecule has 0 saturated heterocycles. The summed E-state index contributed by atoms with van der Waals surface area (Å²) in [7, 11) is 0. The molecule has 0 saturated carbocycles. The molecule has 0 unspecified atom stereocenters. The Morgan fingerprint density at radius 2 is 2.17 bits per heavy atom. The van der Waals surface area contributed by atoms with E-state index in [0.717, 1.165) is 34.8 Å². The van der Waals surface area contributed by atoms with E-state index in [-0.39, 0.29) is 11.2 Å². The van der Waals surface area contributed by atoms with E-state index in [1.807, 2.05) is 18.2 Å². The average Bonchev–Trinajstić information content (AvgIpc) is 3.05. The van der Waals surface area contributed by atoms with Crippen LogP contribution in [0.1, 0.15) is 42.3 Å². The van der Waals surface area contributed by atoms with Gasteiger partial charge in [-0.25, -0.2) is 9.37 Å². The number of carboxylic acid groups (broad SMARTS) is 1. The highest BCUT2D eigenvalue weighted by molar-refractivity contribution is 6.30. The van der Waals surface area contributed by atoms with Crippen molar-refractivity contribution in [3.63, 3.8) is 0 Å². The van der Waals surface area contributed by atoms with Crippen LogP contribution in [0.3, 0.4) is 0 Å². The minimum Gasteiger partial charge on any atom is -0.481 e. The van der Waals surface area contributed by atoms with Crippen LogP contribution in [0.5, 0.6) is 0 Å². The number of hydrogen-bond donors (Lipinski definition) is 2. The lowest BCUT2D eigenvalue weighted by molar-refractivity contribution is -0.142. The molecule has 0 spiro atoms. The monoisotopic (exact) mass is 415 g/mol. The van der Waals surface area contributed by atoms with E-state index in [1.165, 1.54) is 0 Å². The molecular formula is C22H23ClFN3O2. The topological polar surface area (TPSA) is 69.2 Å². The first kappa shape index (κ1) is 19.9. The molecule has 1 aliphatic heterocycles. The zero-order valence-corrected chi connectivity index (χ0v) is 17.3. The Balaban J connectivity index is 1.96. The molecule has 3 atom stereocenters. The van der Waals surface area contributed by atoms with Crippen molar-refractivity contribution in [2.75, 3.05) is 6.54 Å². The fourth-order valence-corrected chi connectivity index (χ4v) is 4.55. The van der Waals surface area contributed by atoms with Crippen molar-refractivity contribution in [2.45, 2.75) is 39.3 Å². The highest BCUT2D eigenvalue weighted by Gasteiger charge is 2.39. The number of aliphatic carboxylic acids is 1. The van der Waals surface area contributed by atoms with Crippen LogP contribution in [-0.4, -0.2) is 38.5 Å². The highest BCUT2D eigenvalue weighted by Crippen LogP contribution is 2.43. The van der Waals surface area contributed by atoms with Gasteiger partial charge in [0.05, 0.1) is 18.2 Å². The van der Waals surface area contributed by atoms with Crippen molar-refractivity contribution in [1.82, 2.24) is 14.9 Å². The number of aromatic nitrogens is 2. The normalized spacial score (nSPS) is 20.6. The quantitative estimate of drug-likeness (QED) is 0.605. The molecule has 7 heteroatoms. The number of pyridine rings is 1. The van der Waals surface area contributed by atoms with E-state index < -0.39 is 23.7 Å². The average molecular weight is 416 g/mol. The van der Waals surface area contributed by atoms with Gasteiger partial charge in [-0.15, -0.1) is 0 Å². The molecule has 0 bridgehead atoms. The number of nitrogens with zero attached hydrogens (tertiary/aromatic N) is 2. The number of halogens is 2. The Kier molecular flexibility index (Phi) is 5.09. The first-order valence-corrected chi connectivity index (χ1v) is 10.1. The van der Waals surface area contributed by atoms with Crippen molar-refractivity contribution in [2.24, 2.45) is 5.92 Å². The molecule has 0 aliphatic carbocycles. The zero-order chi connectivity index (χ0) is 20.9. The Hall–Kier alpha value is -2.44. The third-order valence-electron chi connectivity index (χ3n) is 5.96. The van der Waals surface area contributed by atoms with Gasteiger partial charge in [-0.3, -0.25) is 9.69 Å². The number of carbonyl (C=O) groups is 1. The summed E-state index contributed by atoms with van der Waals surface area (Å²) >= 11 is 6.25. The Labute approximate surface area is 173 Å². The Morgan fingerprint density at radius 3 is 2.90 bits per heavy atom. The van der Waals surface area contributed by atoms with E-state index in [4.69, 9.17) is 11.6 Å². The van der Waals surface area contributed by atoms with Crippen LogP contribution >= 0.6 is 11.6 Å². The SMILES string of the molecule is Cc1c(Cl)ncc(F)c1[C@@H]1c2[nH]c3ccccc3c2C[C@@H](C)N1C[C@H](C)C(=O)O. The highest BCUT2D eigenvalue weighted by atomic mass is 35.5. The van der Waals surface area contributed by atoms with Crippen LogP contribution in [-0.2, 0) is 11.2 Å². The number of benzene rings is 1. The van der Waals surface area contributed by atoms with Crippen molar-refractivity contribution < 1.29 is 14.3 Å². The van der Waals surface area contributed by atoms with Crippen molar-refractivity contribution in [1.29, 1.82) is 0 Å². The maximum Gasteiger partial charge on any atom is 0.307 e. The number of fused-ring (bicyclic) bond motifs is 3. The summed E-state index contributed by atoms with van der Waals surface area (Å²) in [5.41, 5.74) is 4.04. The van der Waals surface area contributed by atoms with Gasteiger partial charge in [0.15, 0.2) is 0 Å². The molecule has 152 valence electrons. The second kappa shape index (κ2) is 7.43. The van der Waals surface area contributed by atoms with Gasteiger partial charge in [0.25, 0.3) is 0 Å². The van der Waals surface area contributed by atoms with E-state index in [0.29, 0.717) is 17.7 Å². The molecule has 29 heavy (non-hydrogen) atoms. The van der Waals surface area contributed by atoms with Crippen LogP contribution in [0.2, 0.25) is 5.15 Å². The van der Waals surface area contributed by atoms with Crippen molar-refractivity contribution in [3.05, 3.63) is 63.8 Å². The van der Waals surface area contributed by atoms with E-state index in [1.54, 1.807) is 13.8 Å². The van der Waals surface area contributed by atoms with Crippen LogP contribution in [0, 0.1) is 18.7 Å². The summed E-state index contributed by atoms with van der Waals surface area (Å²) in [4.78, 5) is 21.0. The van der Waals surface area contributed by atoms with Gasteiger partial charge in [0.2, 0.25) is 0 Å². The van der Waals surface area contributed by atoms with Crippen LogP contribution in [0.15, 0.2) is 30.5 Å². The summed E-state index contributed by atoms with van der Waals surface area (Å²) in [6.45, 7) is 5.79. The Bertz CT molecular complexity index is 1100. The van der Waals surface area contributed by atoms with Gasteiger partial charge in [-0.2, -0.15) is 0 Å². The number of carboxylic acids is 1. The van der Waals surface area contributed by atoms with Crippen molar-refractivity contribution in [3.8, 4) is 0 Å². The largest absolute Gasteiger partial charge is 0.481 e. The van der Waals surface area contributed by atoms with Gasteiger partial charge in [-0.1, -0.05) is 36.7 Å². The van der Waals surface area contributed by atoms with E-state index in [9.17, 15) is 9.90 Å². The number of hydrogen-bond acceptors (Lipinski definition) is 3. The molecule has 3 heterocycles. The zero-order valence-electron chi connectivity index (χ0n) is 16.5. The fraction of sp³-hybridized carbons (Fsp3) is 0.364. The summed E-state index contributed by atoms with van der Waals surface area (Å²) in [6, 6.07) is 7.57. The van der Waals surface area contributed by atoms with Crippen LogP contribution in [0.25, 0.3) is 10.9 Å². The predicted molar refractivity (Wildman–Crippen MR) is 111 cm³/mol. The standard InChI is InChI=1S/C22H23ClFN3O2/c1-11(22(28)29)10-27-12(2)8-15-14-6-4-5-7-17(14)26-19(15)20(27)18-13(3)21(23)25-9-16(18)24/h4-7,9,11-12,20,26H,8,10H2,1-3H3,(H,28,29)/t11-,12+,20+/m0/s1. The first-order chi connectivity index (χ1) is 13.8. The minimum absolute atomic E-state index is 0.0271. The maximum absolute atomic E-state index is 15.1. The summed E-state index contributed by atoms with van der Waals surface area (Å²) in [5, 5.41) is 10.8. The molecule has 5 nitrogen and oxygen atoms in total. The second-order valence-corrected chi connectivity index (χ2v) is 8.25. The first-order valence-electron chi connectivity index (χ1n) is 9.68. The lowest BCUT2D eigenvalue weighted by Gasteiger charge is -2.42. The number of para-hydroxylation sites is 1. The third kappa shape index (κ3) is 3.30. The maximum atomic E-state index is 15.1.